The molecule has 0 spiro atoms. The number of rotatable bonds is 5. The zero-order valence-electron chi connectivity index (χ0n) is 15.4. The van der Waals surface area contributed by atoms with Gasteiger partial charge in [-0.3, -0.25) is 9.38 Å². The summed E-state index contributed by atoms with van der Waals surface area (Å²) in [5, 5.41) is 12.0. The number of fused-ring (bicyclic) bond motifs is 2. The van der Waals surface area contributed by atoms with Gasteiger partial charge in [-0.15, -0.1) is 10.2 Å². The van der Waals surface area contributed by atoms with E-state index in [0.29, 0.717) is 28.8 Å². The molecule has 5 aromatic rings. The molecular weight excluding hydrogens is 414 g/mol. The number of pyridine rings is 1. The first-order chi connectivity index (χ1) is 14.4. The highest BCUT2D eigenvalue weighted by atomic mass is 32.2. The third kappa shape index (κ3) is 3.05. The van der Waals surface area contributed by atoms with Crippen molar-refractivity contribution in [3.8, 4) is 11.5 Å². The van der Waals surface area contributed by atoms with Crippen molar-refractivity contribution in [3.05, 3.63) is 58.7 Å². The maximum Gasteiger partial charge on any atom is 0.417 e. The molecule has 1 aromatic carbocycles. The molecular formula is C17H13N7O5S. The van der Waals surface area contributed by atoms with Gasteiger partial charge in [0.2, 0.25) is 10.0 Å². The molecule has 0 unspecified atom stereocenters. The minimum Gasteiger partial charge on any atom is -0.408 e. The van der Waals surface area contributed by atoms with Gasteiger partial charge in [-0.25, -0.2) is 17.9 Å². The molecule has 13 heteroatoms. The minimum atomic E-state index is -3.88. The second kappa shape index (κ2) is 6.60. The number of aromatic nitrogens is 6. The van der Waals surface area contributed by atoms with Crippen LogP contribution in [0.1, 0.15) is 11.6 Å². The van der Waals surface area contributed by atoms with Crippen LogP contribution in [0.15, 0.2) is 55.2 Å². The van der Waals surface area contributed by atoms with Gasteiger partial charge in [0.15, 0.2) is 22.9 Å². The summed E-state index contributed by atoms with van der Waals surface area (Å²) >= 11 is 0. The molecule has 0 saturated carbocycles. The van der Waals surface area contributed by atoms with Crippen LogP contribution in [0.3, 0.4) is 0 Å². The molecule has 12 nitrogen and oxygen atoms in total. The second-order valence-corrected chi connectivity index (χ2v) is 8.14. The summed E-state index contributed by atoms with van der Waals surface area (Å²) in [7, 11) is -3.88. The molecule has 0 aliphatic rings. The largest absolute Gasteiger partial charge is 0.417 e. The first-order valence-electron chi connectivity index (χ1n) is 8.66. The predicted octanol–water partition coefficient (Wildman–Crippen LogP) is 1.00. The topological polar surface area (TPSA) is 161 Å². The normalized spacial score (nSPS) is 12.2. The zero-order valence-corrected chi connectivity index (χ0v) is 16.2. The average molecular weight is 427 g/mol. The van der Waals surface area contributed by atoms with E-state index < -0.39 is 15.8 Å². The maximum absolute atomic E-state index is 12.7. The number of nitrogens with one attached hydrogen (secondary N) is 2. The number of nitrogens with zero attached hydrogens (tertiary/aromatic N) is 5. The third-order valence-electron chi connectivity index (χ3n) is 4.38. The fourth-order valence-electron chi connectivity index (χ4n) is 3.00. The Kier molecular flexibility index (Phi) is 4.01. The van der Waals surface area contributed by atoms with Crippen molar-refractivity contribution in [2.75, 3.05) is 0 Å². The van der Waals surface area contributed by atoms with Crippen LogP contribution in [-0.2, 0) is 16.6 Å². The standard InChI is InChI=1S/C17H13N7O5S/c1-9-19-16(29-23-9)11-3-2-6-24-14(21-22-15(11)24)8-18-30(26,27)10-4-5-13-12(7-10)20-17(25)28-13/h2-7,18H,8H2,1H3,(H,20,25). The van der Waals surface area contributed by atoms with Gasteiger partial charge in [0.05, 0.1) is 22.5 Å². The van der Waals surface area contributed by atoms with E-state index in [-0.39, 0.29) is 22.5 Å². The van der Waals surface area contributed by atoms with Crippen molar-refractivity contribution in [2.24, 2.45) is 0 Å². The van der Waals surface area contributed by atoms with Gasteiger partial charge in [-0.1, -0.05) is 5.16 Å². The Bertz CT molecular complexity index is 1560. The molecule has 0 radical (unpaired) electrons. The molecule has 0 saturated heterocycles. The third-order valence-corrected chi connectivity index (χ3v) is 5.78. The Morgan fingerprint density at radius 2 is 2.10 bits per heavy atom. The van der Waals surface area contributed by atoms with Crippen LogP contribution < -0.4 is 10.5 Å². The zero-order chi connectivity index (χ0) is 20.9. The Morgan fingerprint density at radius 1 is 1.23 bits per heavy atom. The van der Waals surface area contributed by atoms with Crippen molar-refractivity contribution in [2.45, 2.75) is 18.4 Å². The first-order valence-corrected chi connectivity index (χ1v) is 10.1. The van der Waals surface area contributed by atoms with E-state index in [1.807, 2.05) is 0 Å². The van der Waals surface area contributed by atoms with Crippen molar-refractivity contribution in [1.29, 1.82) is 0 Å². The summed E-state index contributed by atoms with van der Waals surface area (Å²) in [6.45, 7) is 1.59. The van der Waals surface area contributed by atoms with Crippen LogP contribution >= 0.6 is 0 Å². The molecule has 0 fully saturated rings. The summed E-state index contributed by atoms with van der Waals surface area (Å²) in [6, 6.07) is 7.57. The molecule has 0 aliphatic heterocycles. The molecule has 5 rings (SSSR count). The summed E-state index contributed by atoms with van der Waals surface area (Å²) in [6.07, 6.45) is 1.70. The Morgan fingerprint density at radius 3 is 2.90 bits per heavy atom. The number of aromatic amines is 1. The summed E-state index contributed by atoms with van der Waals surface area (Å²) in [4.78, 5) is 17.9. The van der Waals surface area contributed by atoms with Gasteiger partial charge >= 0.3 is 5.76 Å². The SMILES string of the molecule is Cc1noc(-c2cccn3c(CNS(=O)(=O)c4ccc5oc(=O)[nH]c5c4)nnc23)n1. The molecule has 4 heterocycles. The Labute approximate surface area is 167 Å². The summed E-state index contributed by atoms with van der Waals surface area (Å²) in [5.41, 5.74) is 1.59. The number of aryl methyl sites for hydroxylation is 1. The molecule has 152 valence electrons. The smallest absolute Gasteiger partial charge is 0.408 e. The highest BCUT2D eigenvalue weighted by molar-refractivity contribution is 7.89. The van der Waals surface area contributed by atoms with E-state index in [1.165, 1.54) is 18.2 Å². The van der Waals surface area contributed by atoms with Crippen LogP contribution in [-0.4, -0.2) is 38.1 Å². The molecule has 30 heavy (non-hydrogen) atoms. The summed E-state index contributed by atoms with van der Waals surface area (Å²) in [5.74, 6) is 0.481. The van der Waals surface area contributed by atoms with Crippen LogP contribution in [0.2, 0.25) is 0 Å². The van der Waals surface area contributed by atoms with Crippen LogP contribution in [0.25, 0.3) is 28.2 Å². The van der Waals surface area contributed by atoms with Crippen molar-refractivity contribution in [3.63, 3.8) is 0 Å². The van der Waals surface area contributed by atoms with Crippen LogP contribution in [0.5, 0.6) is 0 Å². The maximum atomic E-state index is 12.7. The summed E-state index contributed by atoms with van der Waals surface area (Å²) < 4.78 is 39.6. The fraction of sp³-hybridized carbons (Fsp3) is 0.118. The second-order valence-electron chi connectivity index (χ2n) is 6.38. The molecule has 4 aromatic heterocycles. The molecule has 0 bridgehead atoms. The van der Waals surface area contributed by atoms with Gasteiger partial charge < -0.3 is 8.94 Å². The monoisotopic (exact) mass is 427 g/mol. The number of H-pyrrole nitrogens is 1. The van der Waals surface area contributed by atoms with Crippen LogP contribution in [0.4, 0.5) is 0 Å². The van der Waals surface area contributed by atoms with E-state index >= 15 is 0 Å². The van der Waals surface area contributed by atoms with Gasteiger partial charge in [0.25, 0.3) is 5.89 Å². The highest BCUT2D eigenvalue weighted by Crippen LogP contribution is 2.22. The first kappa shape index (κ1) is 18.2. The lowest BCUT2D eigenvalue weighted by molar-refractivity contribution is 0.426. The Hall–Kier alpha value is -3.84. The highest BCUT2D eigenvalue weighted by Gasteiger charge is 2.19. The fourth-order valence-corrected chi connectivity index (χ4v) is 4.00. The molecule has 2 N–H and O–H groups in total. The van der Waals surface area contributed by atoms with Crippen molar-refractivity contribution in [1.82, 2.24) is 34.4 Å². The number of hydrogen-bond donors (Lipinski definition) is 2. The van der Waals surface area contributed by atoms with E-state index in [0.717, 1.165) is 0 Å². The molecule has 0 amide bonds. The van der Waals surface area contributed by atoms with Crippen LogP contribution in [0, 0.1) is 6.92 Å². The minimum absolute atomic E-state index is 0.0251. The van der Waals surface area contributed by atoms with Gasteiger partial charge in [0.1, 0.15) is 0 Å². The average Bonchev–Trinajstić information content (AvgIpc) is 3.42. The quantitative estimate of drug-likeness (QED) is 0.417. The van der Waals surface area contributed by atoms with Gasteiger partial charge in [-0.05, 0) is 37.3 Å². The van der Waals surface area contributed by atoms with Gasteiger partial charge in [-0.2, -0.15) is 4.98 Å². The molecule has 0 aliphatic carbocycles. The number of benzene rings is 1. The van der Waals surface area contributed by atoms with E-state index in [4.69, 9.17) is 8.94 Å². The lowest BCUT2D eigenvalue weighted by atomic mass is 10.2. The number of hydrogen-bond acceptors (Lipinski definition) is 9. The van der Waals surface area contributed by atoms with E-state index in [2.05, 4.69) is 30.0 Å². The van der Waals surface area contributed by atoms with Crippen molar-refractivity contribution >= 4 is 26.8 Å². The number of oxazole rings is 1. The van der Waals surface area contributed by atoms with Crippen molar-refractivity contribution < 1.29 is 17.4 Å². The number of sulfonamides is 1. The van der Waals surface area contributed by atoms with E-state index in [1.54, 1.807) is 29.7 Å². The van der Waals surface area contributed by atoms with Gasteiger partial charge in [0, 0.05) is 6.20 Å². The molecule has 0 atom stereocenters. The predicted molar refractivity (Wildman–Crippen MR) is 102 cm³/mol. The lowest BCUT2D eigenvalue weighted by Gasteiger charge is -2.06. The van der Waals surface area contributed by atoms with E-state index in [9.17, 15) is 13.2 Å². The Balaban J connectivity index is 1.44. The lowest BCUT2D eigenvalue weighted by Crippen LogP contribution is -2.24.